The number of hydrogen-bond acceptors (Lipinski definition) is 5. The fourth-order valence-electron chi connectivity index (χ4n) is 1.98. The molecule has 0 saturated heterocycles. The van der Waals surface area contributed by atoms with E-state index in [1.54, 1.807) is 13.8 Å². The summed E-state index contributed by atoms with van der Waals surface area (Å²) in [6.07, 6.45) is 0.0728. The molecule has 20 heavy (non-hydrogen) atoms. The molecule has 0 atom stereocenters. The number of nitrogens with two attached hydrogens (primary N) is 1. The monoisotopic (exact) mass is 304 g/mol. The molecule has 116 valence electrons. The Labute approximate surface area is 120 Å². The summed E-state index contributed by atoms with van der Waals surface area (Å²) in [4.78, 5) is 0.185. The third-order valence-electron chi connectivity index (χ3n) is 3.05. The van der Waals surface area contributed by atoms with Crippen LogP contribution in [0.25, 0.3) is 0 Å². The number of aryl methyl sites for hydroxylation is 2. The molecule has 1 aromatic heterocycles. The first-order valence-corrected chi connectivity index (χ1v) is 8.02. The predicted molar refractivity (Wildman–Crippen MR) is 77.0 cm³/mol. The van der Waals surface area contributed by atoms with Crippen molar-refractivity contribution in [2.75, 3.05) is 20.2 Å². The van der Waals surface area contributed by atoms with Crippen molar-refractivity contribution in [2.24, 2.45) is 5.73 Å². The van der Waals surface area contributed by atoms with Crippen LogP contribution in [-0.4, -0.2) is 39.0 Å². The van der Waals surface area contributed by atoms with Crippen molar-refractivity contribution < 1.29 is 17.6 Å². The van der Waals surface area contributed by atoms with E-state index >= 15 is 0 Å². The average Bonchev–Trinajstić information content (AvgIpc) is 2.63. The second kappa shape index (κ2) is 6.71. The first kappa shape index (κ1) is 17.2. The summed E-state index contributed by atoms with van der Waals surface area (Å²) in [5.74, 6) is 0.926. The Morgan fingerprint density at radius 3 is 2.40 bits per heavy atom. The van der Waals surface area contributed by atoms with Crippen molar-refractivity contribution in [2.45, 2.75) is 45.2 Å². The molecular weight excluding hydrogens is 280 g/mol. The van der Waals surface area contributed by atoms with Crippen LogP contribution < -0.4 is 5.73 Å². The van der Waals surface area contributed by atoms with Crippen molar-refractivity contribution in [3.8, 4) is 0 Å². The van der Waals surface area contributed by atoms with Crippen molar-refractivity contribution in [1.82, 2.24) is 4.31 Å². The number of nitrogens with zero attached hydrogens (tertiary/aromatic N) is 1. The van der Waals surface area contributed by atoms with Gasteiger partial charge in [0.2, 0.25) is 10.0 Å². The molecule has 1 heterocycles. The number of sulfonamides is 1. The van der Waals surface area contributed by atoms with E-state index in [-0.39, 0.29) is 24.1 Å². The van der Waals surface area contributed by atoms with E-state index in [1.807, 2.05) is 13.8 Å². The Hall–Kier alpha value is -0.890. The van der Waals surface area contributed by atoms with Gasteiger partial charge in [-0.1, -0.05) is 0 Å². The van der Waals surface area contributed by atoms with Gasteiger partial charge >= 0.3 is 0 Å². The highest BCUT2D eigenvalue weighted by atomic mass is 32.2. The number of ether oxygens (including phenoxy) is 1. The molecule has 0 bridgehead atoms. The second-order valence-electron chi connectivity index (χ2n) is 4.97. The smallest absolute Gasteiger partial charge is 0.246 e. The van der Waals surface area contributed by atoms with E-state index in [0.29, 0.717) is 23.7 Å². The van der Waals surface area contributed by atoms with Gasteiger partial charge in [-0.25, -0.2) is 8.42 Å². The zero-order valence-electron chi connectivity index (χ0n) is 12.8. The average molecular weight is 304 g/mol. The highest BCUT2D eigenvalue weighted by molar-refractivity contribution is 7.89. The molecule has 0 amide bonds. The molecule has 1 aromatic rings. The van der Waals surface area contributed by atoms with Gasteiger partial charge in [-0.05, 0) is 27.7 Å². The van der Waals surface area contributed by atoms with Crippen LogP contribution in [0.4, 0.5) is 0 Å². The van der Waals surface area contributed by atoms with Gasteiger partial charge in [0.05, 0.1) is 12.7 Å². The van der Waals surface area contributed by atoms with Crippen molar-refractivity contribution in [1.29, 1.82) is 0 Å². The standard InChI is InChI=1S/C13H24N2O4S/c1-9(2)18-7-6-15(5)20(16,17)13-11(4)19-10(3)12(13)8-14/h9H,6-8,14H2,1-5H3. The largest absolute Gasteiger partial charge is 0.465 e. The van der Waals surface area contributed by atoms with Crippen LogP contribution in [0.5, 0.6) is 0 Å². The molecule has 0 saturated carbocycles. The quantitative estimate of drug-likeness (QED) is 0.823. The lowest BCUT2D eigenvalue weighted by molar-refractivity contribution is 0.0737. The molecule has 0 aromatic carbocycles. The van der Waals surface area contributed by atoms with Crippen LogP contribution in [0.1, 0.15) is 30.9 Å². The van der Waals surface area contributed by atoms with Crippen LogP contribution in [0.3, 0.4) is 0 Å². The molecule has 0 spiro atoms. The fraction of sp³-hybridized carbons (Fsp3) is 0.692. The second-order valence-corrected chi connectivity index (χ2v) is 6.95. The van der Waals surface area contributed by atoms with Gasteiger partial charge in [0.15, 0.2) is 0 Å². The molecule has 0 fully saturated rings. The molecular formula is C13H24N2O4S. The van der Waals surface area contributed by atoms with E-state index in [0.717, 1.165) is 0 Å². The maximum Gasteiger partial charge on any atom is 0.246 e. The maximum atomic E-state index is 12.6. The van der Waals surface area contributed by atoms with Gasteiger partial charge in [-0.15, -0.1) is 0 Å². The summed E-state index contributed by atoms with van der Waals surface area (Å²) in [6.45, 7) is 7.94. The highest BCUT2D eigenvalue weighted by Gasteiger charge is 2.29. The van der Waals surface area contributed by atoms with E-state index in [2.05, 4.69) is 0 Å². The molecule has 0 aliphatic carbocycles. The third kappa shape index (κ3) is 3.60. The molecule has 2 N–H and O–H groups in total. The Kier molecular flexibility index (Phi) is 5.76. The lowest BCUT2D eigenvalue weighted by Gasteiger charge is -2.18. The van der Waals surface area contributed by atoms with Gasteiger partial charge in [0, 0.05) is 25.7 Å². The van der Waals surface area contributed by atoms with Crippen molar-refractivity contribution in [3.05, 3.63) is 17.1 Å². The fourth-order valence-corrected chi connectivity index (χ4v) is 3.55. The first-order chi connectivity index (χ1) is 9.21. The summed E-state index contributed by atoms with van der Waals surface area (Å²) in [7, 11) is -2.08. The molecule has 6 nitrogen and oxygen atoms in total. The normalized spacial score (nSPS) is 12.6. The summed E-state index contributed by atoms with van der Waals surface area (Å²) in [6, 6.07) is 0. The van der Waals surface area contributed by atoms with Crippen LogP contribution in [0.2, 0.25) is 0 Å². The van der Waals surface area contributed by atoms with Crippen molar-refractivity contribution in [3.63, 3.8) is 0 Å². The molecule has 0 radical (unpaired) electrons. The Morgan fingerprint density at radius 2 is 1.90 bits per heavy atom. The lowest BCUT2D eigenvalue weighted by Crippen LogP contribution is -2.31. The Bertz CT molecular complexity index is 549. The molecule has 0 aliphatic rings. The first-order valence-electron chi connectivity index (χ1n) is 6.58. The minimum absolute atomic E-state index is 0.0728. The van der Waals surface area contributed by atoms with Crippen molar-refractivity contribution >= 4 is 10.0 Å². The van der Waals surface area contributed by atoms with E-state index in [9.17, 15) is 8.42 Å². The summed E-state index contributed by atoms with van der Waals surface area (Å²) in [5, 5.41) is 0. The highest BCUT2D eigenvalue weighted by Crippen LogP contribution is 2.28. The van der Waals surface area contributed by atoms with Gasteiger partial charge in [0.25, 0.3) is 0 Å². The van der Waals surface area contributed by atoms with Crippen LogP contribution >= 0.6 is 0 Å². The number of furan rings is 1. The van der Waals surface area contributed by atoms with Crippen LogP contribution in [0.15, 0.2) is 9.31 Å². The number of rotatable bonds is 7. The predicted octanol–water partition coefficient (Wildman–Crippen LogP) is 1.40. The van der Waals surface area contributed by atoms with Gasteiger partial charge < -0.3 is 14.9 Å². The Balaban J connectivity index is 2.99. The molecule has 7 heteroatoms. The Morgan fingerprint density at radius 1 is 1.30 bits per heavy atom. The van der Waals surface area contributed by atoms with Gasteiger partial charge in [-0.3, -0.25) is 0 Å². The maximum absolute atomic E-state index is 12.6. The van der Waals surface area contributed by atoms with E-state index in [1.165, 1.54) is 11.4 Å². The summed E-state index contributed by atoms with van der Waals surface area (Å²) >= 11 is 0. The lowest BCUT2D eigenvalue weighted by atomic mass is 10.2. The zero-order chi connectivity index (χ0) is 15.5. The third-order valence-corrected chi connectivity index (χ3v) is 5.11. The van der Waals surface area contributed by atoms with Crippen LogP contribution in [-0.2, 0) is 21.3 Å². The van der Waals surface area contributed by atoms with E-state index in [4.69, 9.17) is 14.9 Å². The zero-order valence-corrected chi connectivity index (χ0v) is 13.6. The SMILES string of the molecule is Cc1oc(C)c(S(=O)(=O)N(C)CCOC(C)C)c1CN. The summed E-state index contributed by atoms with van der Waals surface area (Å²) < 4.78 is 37.2. The minimum Gasteiger partial charge on any atom is -0.465 e. The number of likely N-dealkylation sites (N-methyl/N-ethyl adjacent to an activating group) is 1. The molecule has 0 aliphatic heterocycles. The van der Waals surface area contributed by atoms with Gasteiger partial charge in [-0.2, -0.15) is 4.31 Å². The van der Waals surface area contributed by atoms with Crippen LogP contribution in [0, 0.1) is 13.8 Å². The summed E-state index contributed by atoms with van der Waals surface area (Å²) in [5.41, 5.74) is 6.17. The number of hydrogen-bond donors (Lipinski definition) is 1. The topological polar surface area (TPSA) is 85.8 Å². The van der Waals surface area contributed by atoms with Gasteiger partial charge in [0.1, 0.15) is 16.4 Å². The minimum atomic E-state index is -3.61. The molecule has 1 rings (SSSR count). The van der Waals surface area contributed by atoms with E-state index < -0.39 is 10.0 Å². The molecule has 0 unspecified atom stereocenters.